The minimum Gasteiger partial charge on any atom is -0.389 e. The van der Waals surface area contributed by atoms with E-state index in [0.717, 1.165) is 0 Å². The largest absolute Gasteiger partial charge is 0.389 e. The third kappa shape index (κ3) is 2.41. The summed E-state index contributed by atoms with van der Waals surface area (Å²) < 4.78 is 24.6. The van der Waals surface area contributed by atoms with Gasteiger partial charge in [0.25, 0.3) is 5.92 Å². The Bertz CT molecular complexity index is 184. The molecule has 12 heavy (non-hydrogen) atoms. The number of carbonyl (C=O) groups is 1. The second kappa shape index (κ2) is 2.97. The maximum Gasteiger partial charge on any atom is 0.254 e. The van der Waals surface area contributed by atoms with Crippen LogP contribution in [0, 0.1) is 0 Å². The Morgan fingerprint density at radius 3 is 2.50 bits per heavy atom. The van der Waals surface area contributed by atoms with Crippen molar-refractivity contribution in [1.29, 1.82) is 0 Å². The summed E-state index contributed by atoms with van der Waals surface area (Å²) in [5, 5.41) is 8.78. The number of aliphatic hydroxyl groups is 1. The molecule has 1 aliphatic rings. The van der Waals surface area contributed by atoms with Crippen LogP contribution in [0.25, 0.3) is 0 Å². The lowest BCUT2D eigenvalue weighted by Crippen LogP contribution is -2.54. The molecule has 0 atom stereocenters. The molecule has 0 saturated carbocycles. The summed E-state index contributed by atoms with van der Waals surface area (Å²) in [6.45, 7) is 1.09. The van der Waals surface area contributed by atoms with Crippen LogP contribution in [0.15, 0.2) is 0 Å². The van der Waals surface area contributed by atoms with Crippen LogP contribution in [-0.2, 0) is 4.79 Å². The van der Waals surface area contributed by atoms with Crippen LogP contribution in [0.1, 0.15) is 13.3 Å². The van der Waals surface area contributed by atoms with Crippen molar-refractivity contribution in [2.75, 3.05) is 13.1 Å². The van der Waals surface area contributed by atoms with Crippen molar-refractivity contribution in [1.82, 2.24) is 4.90 Å². The first-order chi connectivity index (χ1) is 5.38. The molecule has 0 aromatic rings. The Labute approximate surface area is 69.0 Å². The monoisotopic (exact) mass is 179 g/mol. The average molecular weight is 179 g/mol. The number of aliphatic hydroxyl groups excluding tert-OH is 1. The maximum absolute atomic E-state index is 12.3. The van der Waals surface area contributed by atoms with Gasteiger partial charge in [0.2, 0.25) is 5.91 Å². The molecule has 0 aromatic heterocycles. The van der Waals surface area contributed by atoms with E-state index >= 15 is 0 Å². The number of hydrogen-bond acceptors (Lipinski definition) is 2. The fraction of sp³-hybridized carbons (Fsp3) is 0.857. The van der Waals surface area contributed by atoms with Gasteiger partial charge in [-0.15, -0.1) is 0 Å². The van der Waals surface area contributed by atoms with Gasteiger partial charge in [-0.2, -0.15) is 0 Å². The molecule has 1 amide bonds. The lowest BCUT2D eigenvalue weighted by molar-refractivity contribution is -0.147. The lowest BCUT2D eigenvalue weighted by Gasteiger charge is -2.36. The van der Waals surface area contributed by atoms with E-state index in [0.29, 0.717) is 6.92 Å². The van der Waals surface area contributed by atoms with E-state index in [-0.39, 0.29) is 13.1 Å². The van der Waals surface area contributed by atoms with E-state index in [1.165, 1.54) is 4.90 Å². The molecule has 1 N–H and O–H groups in total. The highest BCUT2D eigenvalue weighted by molar-refractivity contribution is 5.77. The maximum atomic E-state index is 12.3. The number of amides is 1. The van der Waals surface area contributed by atoms with Crippen LogP contribution in [0.3, 0.4) is 0 Å². The molecular weight excluding hydrogens is 168 g/mol. The molecular formula is C7H11F2NO2. The minimum absolute atomic E-state index is 0.189. The molecule has 0 aliphatic carbocycles. The van der Waals surface area contributed by atoms with Gasteiger partial charge in [0.1, 0.15) is 0 Å². The van der Waals surface area contributed by atoms with Gasteiger partial charge in [0.05, 0.1) is 12.5 Å². The van der Waals surface area contributed by atoms with Crippen molar-refractivity contribution < 1.29 is 18.7 Å². The molecule has 0 radical (unpaired) electrons. The SMILES string of the molecule is CC(F)(F)CC(=O)N1CC(O)C1. The van der Waals surface area contributed by atoms with E-state index in [4.69, 9.17) is 5.11 Å². The highest BCUT2D eigenvalue weighted by Crippen LogP contribution is 2.20. The first kappa shape index (κ1) is 9.38. The molecule has 0 aromatic carbocycles. The number of carbonyl (C=O) groups excluding carboxylic acids is 1. The molecule has 1 heterocycles. The Morgan fingerprint density at radius 2 is 2.17 bits per heavy atom. The van der Waals surface area contributed by atoms with E-state index in [1.807, 2.05) is 0 Å². The van der Waals surface area contributed by atoms with Crippen LogP contribution in [-0.4, -0.2) is 41.0 Å². The quantitative estimate of drug-likeness (QED) is 0.659. The van der Waals surface area contributed by atoms with E-state index < -0.39 is 24.4 Å². The third-order valence-corrected chi connectivity index (χ3v) is 1.68. The Kier molecular flexibility index (Phi) is 2.32. The third-order valence-electron chi connectivity index (χ3n) is 1.68. The van der Waals surface area contributed by atoms with Crippen molar-refractivity contribution >= 4 is 5.91 Å². The highest BCUT2D eigenvalue weighted by atomic mass is 19.3. The Morgan fingerprint density at radius 1 is 1.67 bits per heavy atom. The number of nitrogens with zero attached hydrogens (tertiary/aromatic N) is 1. The molecule has 1 saturated heterocycles. The van der Waals surface area contributed by atoms with Gasteiger partial charge in [-0.3, -0.25) is 4.79 Å². The number of hydrogen-bond donors (Lipinski definition) is 1. The molecule has 1 fully saturated rings. The van der Waals surface area contributed by atoms with Crippen molar-refractivity contribution in [3.8, 4) is 0 Å². The second-order valence-electron chi connectivity index (χ2n) is 3.20. The van der Waals surface area contributed by atoms with Gasteiger partial charge in [-0.05, 0) is 6.92 Å². The summed E-state index contributed by atoms with van der Waals surface area (Å²) in [6.07, 6.45) is -1.29. The van der Waals surface area contributed by atoms with Crippen LogP contribution in [0.4, 0.5) is 8.78 Å². The predicted molar refractivity (Wildman–Crippen MR) is 37.8 cm³/mol. The molecule has 1 aliphatic heterocycles. The zero-order valence-electron chi connectivity index (χ0n) is 6.76. The van der Waals surface area contributed by atoms with Crippen molar-refractivity contribution in [2.45, 2.75) is 25.4 Å². The van der Waals surface area contributed by atoms with Crippen molar-refractivity contribution in [2.24, 2.45) is 0 Å². The van der Waals surface area contributed by atoms with Crippen LogP contribution in [0.5, 0.6) is 0 Å². The van der Waals surface area contributed by atoms with Crippen LogP contribution in [0.2, 0.25) is 0 Å². The van der Waals surface area contributed by atoms with Gasteiger partial charge < -0.3 is 10.0 Å². The summed E-state index contributed by atoms with van der Waals surface area (Å²) in [4.78, 5) is 12.1. The molecule has 3 nitrogen and oxygen atoms in total. The van der Waals surface area contributed by atoms with Gasteiger partial charge in [-0.1, -0.05) is 0 Å². The van der Waals surface area contributed by atoms with Crippen LogP contribution < -0.4 is 0 Å². The fourth-order valence-electron chi connectivity index (χ4n) is 1.04. The average Bonchev–Trinajstić information content (AvgIpc) is 1.76. The van der Waals surface area contributed by atoms with Gasteiger partial charge in [-0.25, -0.2) is 8.78 Å². The lowest BCUT2D eigenvalue weighted by atomic mass is 10.1. The molecule has 0 spiro atoms. The molecule has 5 heteroatoms. The van der Waals surface area contributed by atoms with E-state index in [9.17, 15) is 13.6 Å². The molecule has 1 rings (SSSR count). The normalized spacial score (nSPS) is 19.2. The second-order valence-corrected chi connectivity index (χ2v) is 3.20. The minimum atomic E-state index is -2.95. The molecule has 70 valence electrons. The first-order valence-corrected chi connectivity index (χ1v) is 3.72. The zero-order chi connectivity index (χ0) is 9.35. The Balaban J connectivity index is 2.30. The van der Waals surface area contributed by atoms with Crippen molar-refractivity contribution in [3.63, 3.8) is 0 Å². The smallest absolute Gasteiger partial charge is 0.254 e. The van der Waals surface area contributed by atoms with E-state index in [2.05, 4.69) is 0 Å². The zero-order valence-corrected chi connectivity index (χ0v) is 6.76. The number of alkyl halides is 2. The fourth-order valence-corrected chi connectivity index (χ4v) is 1.04. The number of rotatable bonds is 2. The Hall–Kier alpha value is -0.710. The summed E-state index contributed by atoms with van der Waals surface area (Å²) in [6, 6.07) is 0. The topological polar surface area (TPSA) is 40.5 Å². The summed E-state index contributed by atoms with van der Waals surface area (Å²) in [7, 11) is 0. The van der Waals surface area contributed by atoms with Crippen molar-refractivity contribution in [3.05, 3.63) is 0 Å². The molecule has 0 bridgehead atoms. The standard InChI is InChI=1S/C7H11F2NO2/c1-7(8,9)2-6(12)10-3-5(11)4-10/h5,11H,2-4H2,1H3. The number of β-amino-alcohol motifs (C(OH)–C–C–N with tert-alkyl or cyclic N) is 1. The predicted octanol–water partition coefficient (Wildman–Crippen LogP) is 0.235. The van der Waals surface area contributed by atoms with E-state index in [1.54, 1.807) is 0 Å². The number of halogens is 2. The first-order valence-electron chi connectivity index (χ1n) is 3.72. The van der Waals surface area contributed by atoms with Gasteiger partial charge in [0.15, 0.2) is 0 Å². The number of likely N-dealkylation sites (tertiary alicyclic amines) is 1. The summed E-state index contributed by atoms with van der Waals surface area (Å²) in [5.74, 6) is -3.54. The van der Waals surface area contributed by atoms with Crippen LogP contribution >= 0.6 is 0 Å². The van der Waals surface area contributed by atoms with Gasteiger partial charge in [0, 0.05) is 13.1 Å². The van der Waals surface area contributed by atoms with Gasteiger partial charge >= 0.3 is 0 Å². The summed E-state index contributed by atoms with van der Waals surface area (Å²) in [5.41, 5.74) is 0. The molecule has 0 unspecified atom stereocenters. The summed E-state index contributed by atoms with van der Waals surface area (Å²) >= 11 is 0. The highest BCUT2D eigenvalue weighted by Gasteiger charge is 2.34.